The molecule has 0 atom stereocenters. The highest BCUT2D eigenvalue weighted by Crippen LogP contribution is 2.37. The van der Waals surface area contributed by atoms with Gasteiger partial charge in [0.05, 0.1) is 36.8 Å². The lowest BCUT2D eigenvalue weighted by molar-refractivity contribution is -0.929. The van der Waals surface area contributed by atoms with Crippen LogP contribution in [0.1, 0.15) is 96.6 Å². The van der Waals surface area contributed by atoms with Crippen LogP contribution >= 0.6 is 0 Å². The Morgan fingerprint density at radius 2 is 1.30 bits per heavy atom. The lowest BCUT2D eigenvalue weighted by Gasteiger charge is -2.39. The highest BCUT2D eigenvalue weighted by Gasteiger charge is 2.24. The van der Waals surface area contributed by atoms with Crippen molar-refractivity contribution in [3.63, 3.8) is 0 Å². The number of rotatable bonds is 15. The van der Waals surface area contributed by atoms with Crippen LogP contribution in [0.25, 0.3) is 6.08 Å². The number of fused-ring (bicyclic) bond motifs is 1. The lowest BCUT2D eigenvalue weighted by atomic mass is 9.96. The molecule has 0 saturated heterocycles. The third kappa shape index (κ3) is 10.8. The molecular weight excluding hydrogens is 522 g/mol. The summed E-state index contributed by atoms with van der Waals surface area (Å²) < 4.78 is 32.3. The molecule has 0 unspecified atom stereocenters. The molecule has 222 valence electrons. The second-order valence-electron chi connectivity index (χ2n) is 10.8. The van der Waals surface area contributed by atoms with Crippen LogP contribution < -0.4 is 0 Å². The normalized spacial score (nSPS) is 13.2. The molecule has 0 amide bonds. The fourth-order valence-corrected chi connectivity index (χ4v) is 5.50. The van der Waals surface area contributed by atoms with Crippen LogP contribution in [-0.2, 0) is 16.5 Å². The van der Waals surface area contributed by atoms with Crippen LogP contribution in [0.15, 0.2) is 57.6 Å². The third-order valence-corrected chi connectivity index (χ3v) is 8.36. The summed E-state index contributed by atoms with van der Waals surface area (Å²) in [5, 5.41) is 18.1. The summed E-state index contributed by atoms with van der Waals surface area (Å²) in [6.07, 6.45) is 16.8. The van der Waals surface area contributed by atoms with E-state index in [-0.39, 0.29) is 10.6 Å². The number of phenolic OH excluding ortho intramolecular Hbond substituents is 1. The molecule has 0 bridgehead atoms. The van der Waals surface area contributed by atoms with Gasteiger partial charge in [-0.2, -0.15) is 13.5 Å². The molecular formula is C32H50N3O4S+. The number of azo groups is 1. The number of hydrogen-bond donors (Lipinski definition) is 2. The summed E-state index contributed by atoms with van der Waals surface area (Å²) in [5.41, 5.74) is 2.74. The van der Waals surface area contributed by atoms with Crippen molar-refractivity contribution in [2.75, 3.05) is 26.2 Å². The van der Waals surface area contributed by atoms with E-state index in [1.165, 1.54) is 106 Å². The van der Waals surface area contributed by atoms with E-state index in [1.807, 2.05) is 18.2 Å². The van der Waals surface area contributed by atoms with E-state index in [0.29, 0.717) is 11.4 Å². The lowest BCUT2D eigenvalue weighted by Crippen LogP contribution is -2.50. The fraction of sp³-hybridized carbons (Fsp3) is 0.562. The van der Waals surface area contributed by atoms with Gasteiger partial charge in [0.2, 0.25) is 0 Å². The predicted molar refractivity (Wildman–Crippen MR) is 165 cm³/mol. The number of quaternary nitrogens is 1. The molecule has 0 fully saturated rings. The van der Waals surface area contributed by atoms with Crippen molar-refractivity contribution in [3.05, 3.63) is 53.6 Å². The molecule has 8 heteroatoms. The highest BCUT2D eigenvalue weighted by molar-refractivity contribution is 7.85. The Hall–Kier alpha value is -2.55. The van der Waals surface area contributed by atoms with Crippen LogP contribution in [0.3, 0.4) is 0 Å². The SMILES string of the molecule is CCCC[N+](CCCC)(CCCC)CCCC.O=S(=O)(O)c1ccc(N=Nc2c(O)ccc3c2C=CCC3)cc1. The van der Waals surface area contributed by atoms with Gasteiger partial charge in [-0.25, -0.2) is 0 Å². The first kappa shape index (κ1) is 33.7. The number of aryl methyl sites for hydroxylation is 1. The first-order chi connectivity index (χ1) is 19.2. The van der Waals surface area contributed by atoms with E-state index in [2.05, 4.69) is 37.9 Å². The van der Waals surface area contributed by atoms with Gasteiger partial charge < -0.3 is 9.59 Å². The summed E-state index contributed by atoms with van der Waals surface area (Å²) >= 11 is 0. The molecule has 1 aliphatic carbocycles. The van der Waals surface area contributed by atoms with E-state index in [1.54, 1.807) is 6.07 Å². The Balaban J connectivity index is 0.000000296. The second-order valence-corrected chi connectivity index (χ2v) is 12.2. The summed E-state index contributed by atoms with van der Waals surface area (Å²) in [4.78, 5) is -0.209. The van der Waals surface area contributed by atoms with E-state index < -0.39 is 10.1 Å². The maximum Gasteiger partial charge on any atom is 0.294 e. The number of hydrogen-bond acceptors (Lipinski definition) is 5. The van der Waals surface area contributed by atoms with Crippen LogP contribution in [0.4, 0.5) is 11.4 Å². The molecule has 0 saturated carbocycles. The monoisotopic (exact) mass is 572 g/mol. The Morgan fingerprint density at radius 3 is 1.77 bits per heavy atom. The first-order valence-electron chi connectivity index (χ1n) is 15.1. The topological polar surface area (TPSA) is 99.3 Å². The number of phenols is 1. The molecule has 3 rings (SSSR count). The van der Waals surface area contributed by atoms with Crippen molar-refractivity contribution in [1.29, 1.82) is 0 Å². The first-order valence-corrected chi connectivity index (χ1v) is 16.5. The van der Waals surface area contributed by atoms with E-state index in [0.717, 1.165) is 24.0 Å². The van der Waals surface area contributed by atoms with Crippen molar-refractivity contribution in [1.82, 2.24) is 0 Å². The van der Waals surface area contributed by atoms with E-state index in [9.17, 15) is 13.5 Å². The molecule has 0 spiro atoms. The minimum atomic E-state index is -4.23. The number of nitrogens with zero attached hydrogens (tertiary/aromatic N) is 3. The van der Waals surface area contributed by atoms with E-state index >= 15 is 0 Å². The standard InChI is InChI=1S/C16H14N2O4S.C16H36N/c19-15-10-5-11-3-1-2-4-14(11)16(15)18-17-12-6-8-13(9-7-12)23(20,21)22;1-5-9-13-17(14-10-6-2,15-11-7-3)16-12-8-4/h2,4-10,19H,1,3H2,(H,20,21,22);5-16H2,1-4H3/q;+1. The van der Waals surface area contributed by atoms with Gasteiger partial charge in [-0.3, -0.25) is 4.55 Å². The molecule has 7 nitrogen and oxygen atoms in total. The van der Waals surface area contributed by atoms with Crippen LogP contribution in [0.2, 0.25) is 0 Å². The van der Waals surface area contributed by atoms with Crippen molar-refractivity contribution in [2.24, 2.45) is 10.2 Å². The van der Waals surface area contributed by atoms with Crippen LogP contribution in [-0.4, -0.2) is 48.7 Å². The maximum atomic E-state index is 11.0. The molecule has 2 N–H and O–H groups in total. The van der Waals surface area contributed by atoms with Crippen LogP contribution in [0, 0.1) is 0 Å². The second kappa shape index (κ2) is 17.3. The minimum Gasteiger partial charge on any atom is -0.506 e. The number of allylic oxidation sites excluding steroid dienone is 1. The minimum absolute atomic E-state index is 0.0357. The maximum absolute atomic E-state index is 11.0. The van der Waals surface area contributed by atoms with Crippen molar-refractivity contribution in [3.8, 4) is 5.75 Å². The number of unbranched alkanes of at least 4 members (excludes halogenated alkanes) is 4. The molecule has 0 heterocycles. The summed E-state index contributed by atoms with van der Waals surface area (Å²) in [6.45, 7) is 15.0. The molecule has 2 aromatic rings. The largest absolute Gasteiger partial charge is 0.506 e. The quantitative estimate of drug-likeness (QED) is 0.126. The number of benzene rings is 2. The smallest absolute Gasteiger partial charge is 0.294 e. The summed E-state index contributed by atoms with van der Waals surface area (Å²) in [7, 11) is -4.23. The van der Waals surface area contributed by atoms with Crippen molar-refractivity contribution < 1.29 is 22.6 Å². The van der Waals surface area contributed by atoms with Gasteiger partial charge in [-0.15, -0.1) is 5.11 Å². The molecule has 0 radical (unpaired) electrons. The average Bonchev–Trinajstić information content (AvgIpc) is 2.96. The zero-order valence-electron chi connectivity index (χ0n) is 25.0. The Kier molecular flexibility index (Phi) is 14.6. The Labute approximate surface area is 242 Å². The van der Waals surface area contributed by atoms with Gasteiger partial charge in [-0.1, -0.05) is 71.6 Å². The summed E-state index contributed by atoms with van der Waals surface area (Å²) in [5.74, 6) is 0.0357. The number of aromatic hydroxyl groups is 1. The van der Waals surface area contributed by atoms with Crippen molar-refractivity contribution in [2.45, 2.75) is 96.8 Å². The zero-order valence-corrected chi connectivity index (χ0v) is 25.8. The van der Waals surface area contributed by atoms with Gasteiger partial charge in [0.25, 0.3) is 10.1 Å². The molecule has 0 aromatic heterocycles. The molecule has 0 aliphatic heterocycles. The fourth-order valence-electron chi connectivity index (χ4n) is 5.02. The molecule has 2 aromatic carbocycles. The van der Waals surface area contributed by atoms with Gasteiger partial charge in [0.1, 0.15) is 11.4 Å². The van der Waals surface area contributed by atoms with Gasteiger partial charge in [0.15, 0.2) is 0 Å². The van der Waals surface area contributed by atoms with Gasteiger partial charge in [-0.05, 0) is 74.4 Å². The zero-order chi connectivity index (χ0) is 29.4. The van der Waals surface area contributed by atoms with Gasteiger partial charge >= 0.3 is 0 Å². The average molecular weight is 573 g/mol. The van der Waals surface area contributed by atoms with Crippen molar-refractivity contribution >= 4 is 27.6 Å². The van der Waals surface area contributed by atoms with Crippen LogP contribution in [0.5, 0.6) is 5.75 Å². The Morgan fingerprint density at radius 1 is 0.775 bits per heavy atom. The van der Waals surface area contributed by atoms with E-state index in [4.69, 9.17) is 4.55 Å². The van der Waals surface area contributed by atoms with Gasteiger partial charge in [0, 0.05) is 5.56 Å². The highest BCUT2D eigenvalue weighted by atomic mass is 32.2. The Bertz CT molecular complexity index is 1150. The molecule has 1 aliphatic rings. The predicted octanol–water partition coefficient (Wildman–Crippen LogP) is 9.02. The third-order valence-electron chi connectivity index (χ3n) is 7.50. The molecule has 40 heavy (non-hydrogen) atoms. The summed E-state index contributed by atoms with van der Waals surface area (Å²) in [6, 6.07) is 8.79.